The first-order chi connectivity index (χ1) is 23.7. The molecule has 1 aliphatic heterocycles. The van der Waals surface area contributed by atoms with Crippen LogP contribution < -0.4 is 9.47 Å². The van der Waals surface area contributed by atoms with Crippen molar-refractivity contribution in [3.05, 3.63) is 60.9 Å². The van der Waals surface area contributed by atoms with Gasteiger partial charge in [-0.2, -0.15) is 0 Å². The molecule has 10 nitrogen and oxygen atoms in total. The Morgan fingerprint density at radius 3 is 2.06 bits per heavy atom. The monoisotopic (exact) mass is 676 g/mol. The van der Waals surface area contributed by atoms with Crippen molar-refractivity contribution in [1.29, 1.82) is 0 Å². The number of hydrogen-bond acceptors (Lipinski definition) is 10. The molecule has 11 heteroatoms. The largest absolute Gasteiger partial charge is 0.494 e. The summed E-state index contributed by atoms with van der Waals surface area (Å²) in [6.07, 6.45) is 8.40. The van der Waals surface area contributed by atoms with Crippen LogP contribution in [0.5, 0.6) is 11.5 Å². The first-order valence-electron chi connectivity index (χ1n) is 17.1. The van der Waals surface area contributed by atoms with E-state index in [1.807, 2.05) is 30.3 Å². The maximum Gasteiger partial charge on any atom is 0.330 e. The molecule has 1 atom stereocenters. The SMILES string of the molecule is C=CC(=O)OCCCCCCOc1ccc(-c2ccc(OCCCCCCOCC3COCOCCOCCOCCO3)cc2)cc1F. The van der Waals surface area contributed by atoms with Crippen molar-refractivity contribution in [2.45, 2.75) is 57.5 Å². The van der Waals surface area contributed by atoms with Gasteiger partial charge >= 0.3 is 5.97 Å². The van der Waals surface area contributed by atoms with Crippen LogP contribution in [0.1, 0.15) is 51.4 Å². The second-order valence-corrected chi connectivity index (χ2v) is 11.3. The van der Waals surface area contributed by atoms with Gasteiger partial charge in [0.1, 0.15) is 18.6 Å². The molecule has 0 saturated carbocycles. The van der Waals surface area contributed by atoms with Crippen molar-refractivity contribution in [1.82, 2.24) is 0 Å². The number of unbranched alkanes of at least 4 members (excludes halogenated alkanes) is 6. The van der Waals surface area contributed by atoms with E-state index in [9.17, 15) is 9.18 Å². The minimum atomic E-state index is -0.404. The van der Waals surface area contributed by atoms with Gasteiger partial charge in [0.05, 0.1) is 72.7 Å². The van der Waals surface area contributed by atoms with Gasteiger partial charge in [0.2, 0.25) is 0 Å². The average molecular weight is 677 g/mol. The van der Waals surface area contributed by atoms with Crippen LogP contribution in [-0.4, -0.2) is 98.1 Å². The molecule has 0 radical (unpaired) electrons. The predicted octanol–water partition coefficient (Wildman–Crippen LogP) is 6.54. The number of hydrogen-bond donors (Lipinski definition) is 0. The third kappa shape index (κ3) is 17.9. The highest BCUT2D eigenvalue weighted by atomic mass is 19.1. The van der Waals surface area contributed by atoms with Gasteiger partial charge in [-0.15, -0.1) is 0 Å². The Labute approximate surface area is 284 Å². The summed E-state index contributed by atoms with van der Waals surface area (Å²) in [5.74, 6) is 0.239. The lowest BCUT2D eigenvalue weighted by molar-refractivity contribution is -0.137. The molecule has 2 aromatic rings. The molecule has 1 saturated heterocycles. The minimum absolute atomic E-state index is 0.162. The van der Waals surface area contributed by atoms with Crippen molar-refractivity contribution < 1.29 is 51.8 Å². The minimum Gasteiger partial charge on any atom is -0.494 e. The maximum absolute atomic E-state index is 14.7. The fraction of sp³-hybridized carbons (Fsp3) is 0.595. The lowest BCUT2D eigenvalue weighted by Gasteiger charge is -2.19. The number of esters is 1. The van der Waals surface area contributed by atoms with Gasteiger partial charge in [-0.1, -0.05) is 31.2 Å². The predicted molar refractivity (Wildman–Crippen MR) is 180 cm³/mol. The van der Waals surface area contributed by atoms with Crippen LogP contribution in [0.4, 0.5) is 4.39 Å². The van der Waals surface area contributed by atoms with Crippen LogP contribution in [0.2, 0.25) is 0 Å². The van der Waals surface area contributed by atoms with E-state index in [4.69, 9.17) is 42.6 Å². The molecule has 1 aliphatic rings. The van der Waals surface area contributed by atoms with Crippen LogP contribution in [0, 0.1) is 5.82 Å². The number of carbonyl (C=O) groups is 1. The molecular weight excluding hydrogens is 623 g/mol. The second kappa shape index (κ2) is 25.9. The summed E-state index contributed by atoms with van der Waals surface area (Å²) < 4.78 is 64.7. The zero-order valence-electron chi connectivity index (χ0n) is 28.2. The Morgan fingerprint density at radius 1 is 0.729 bits per heavy atom. The summed E-state index contributed by atoms with van der Waals surface area (Å²) in [4.78, 5) is 11.0. The van der Waals surface area contributed by atoms with E-state index in [1.165, 1.54) is 6.07 Å². The molecule has 0 N–H and O–H groups in total. The number of carbonyl (C=O) groups excluding carboxylic acids is 1. The number of ether oxygens (including phenoxy) is 9. The van der Waals surface area contributed by atoms with Gasteiger partial charge in [0.15, 0.2) is 11.6 Å². The molecule has 0 bridgehead atoms. The molecule has 1 unspecified atom stereocenters. The molecule has 0 aromatic heterocycles. The molecule has 48 heavy (non-hydrogen) atoms. The van der Waals surface area contributed by atoms with Crippen molar-refractivity contribution >= 4 is 5.97 Å². The molecule has 0 spiro atoms. The van der Waals surface area contributed by atoms with E-state index in [0.29, 0.717) is 79.3 Å². The Bertz CT molecular complexity index is 1120. The summed E-state index contributed by atoms with van der Waals surface area (Å²) in [6, 6.07) is 12.7. The van der Waals surface area contributed by atoms with Crippen molar-refractivity contribution in [3.63, 3.8) is 0 Å². The Morgan fingerprint density at radius 2 is 1.35 bits per heavy atom. The van der Waals surface area contributed by atoms with Crippen molar-refractivity contribution in [2.75, 3.05) is 86.1 Å². The van der Waals surface area contributed by atoms with E-state index < -0.39 is 5.97 Å². The summed E-state index contributed by atoms with van der Waals surface area (Å²) in [5, 5.41) is 0. The molecule has 0 amide bonds. The van der Waals surface area contributed by atoms with Crippen LogP contribution in [0.3, 0.4) is 0 Å². The average Bonchev–Trinajstić information content (AvgIpc) is 3.10. The molecular formula is C37H53FO10. The van der Waals surface area contributed by atoms with Crippen molar-refractivity contribution in [3.8, 4) is 22.6 Å². The molecule has 3 rings (SSSR count). The zero-order chi connectivity index (χ0) is 33.9. The fourth-order valence-electron chi connectivity index (χ4n) is 4.73. The number of rotatable bonds is 20. The van der Waals surface area contributed by atoms with E-state index in [-0.39, 0.29) is 24.5 Å². The van der Waals surface area contributed by atoms with Crippen LogP contribution in [-0.2, 0) is 38.0 Å². The topological polar surface area (TPSA) is 100 Å². The first kappa shape index (κ1) is 39.4. The summed E-state index contributed by atoms with van der Waals surface area (Å²) in [7, 11) is 0. The first-order valence-corrected chi connectivity index (χ1v) is 17.1. The molecule has 1 heterocycles. The van der Waals surface area contributed by atoms with Gasteiger partial charge in [0.25, 0.3) is 0 Å². The smallest absolute Gasteiger partial charge is 0.330 e. The quantitative estimate of drug-likeness (QED) is 0.0874. The van der Waals surface area contributed by atoms with E-state index in [0.717, 1.165) is 74.3 Å². The Hall–Kier alpha value is -3.06. The third-order valence-corrected chi connectivity index (χ3v) is 7.38. The van der Waals surface area contributed by atoms with E-state index in [1.54, 1.807) is 6.07 Å². The van der Waals surface area contributed by atoms with Gasteiger partial charge < -0.3 is 42.6 Å². The van der Waals surface area contributed by atoms with Gasteiger partial charge in [-0.3, -0.25) is 0 Å². The van der Waals surface area contributed by atoms with Crippen molar-refractivity contribution in [2.24, 2.45) is 0 Å². The number of halogens is 1. The van der Waals surface area contributed by atoms with E-state index >= 15 is 0 Å². The Kier molecular flexibility index (Phi) is 21.2. The highest BCUT2D eigenvalue weighted by Crippen LogP contribution is 2.27. The summed E-state index contributed by atoms with van der Waals surface area (Å²) >= 11 is 0. The molecule has 2 aromatic carbocycles. The Balaban J connectivity index is 1.22. The fourth-order valence-corrected chi connectivity index (χ4v) is 4.73. The summed E-state index contributed by atoms with van der Waals surface area (Å²) in [5.41, 5.74) is 1.68. The lowest BCUT2D eigenvalue weighted by atomic mass is 10.1. The zero-order valence-corrected chi connectivity index (χ0v) is 28.2. The molecule has 0 aliphatic carbocycles. The molecule has 268 valence electrons. The lowest BCUT2D eigenvalue weighted by Crippen LogP contribution is -2.28. The van der Waals surface area contributed by atoms with Crippen LogP contribution >= 0.6 is 0 Å². The normalized spacial score (nSPS) is 16.5. The van der Waals surface area contributed by atoms with E-state index in [2.05, 4.69) is 6.58 Å². The maximum atomic E-state index is 14.7. The van der Waals surface area contributed by atoms with Crippen LogP contribution in [0.25, 0.3) is 11.1 Å². The highest BCUT2D eigenvalue weighted by molar-refractivity contribution is 5.81. The van der Waals surface area contributed by atoms with Gasteiger partial charge in [-0.05, 0) is 80.3 Å². The summed E-state index contributed by atoms with van der Waals surface area (Å²) in [6.45, 7) is 9.62. The van der Waals surface area contributed by atoms with Gasteiger partial charge in [0, 0.05) is 12.7 Å². The number of benzene rings is 2. The molecule has 1 fully saturated rings. The van der Waals surface area contributed by atoms with Gasteiger partial charge in [-0.25, -0.2) is 9.18 Å². The highest BCUT2D eigenvalue weighted by Gasteiger charge is 2.11. The third-order valence-electron chi connectivity index (χ3n) is 7.38. The standard InChI is InChI=1S/C37H53FO10/c1-2-37(39)48-20-10-6-5-9-19-47-36-16-13-32(27-35(36)38)31-11-14-33(15-12-31)45-18-8-4-3-7-17-42-28-34-29-44-30-43-24-23-40-21-22-41-25-26-46-34/h2,11-16,27,34H,1,3-10,17-26,28-30H2. The second-order valence-electron chi connectivity index (χ2n) is 11.3. The van der Waals surface area contributed by atoms with Crippen LogP contribution in [0.15, 0.2) is 55.1 Å².